The molecule has 7 nitrogen and oxygen atoms in total. The Labute approximate surface area is 178 Å². The van der Waals surface area contributed by atoms with Gasteiger partial charge in [-0.25, -0.2) is 4.98 Å². The molecule has 0 aliphatic rings. The summed E-state index contributed by atoms with van der Waals surface area (Å²) in [6.07, 6.45) is 0. The van der Waals surface area contributed by atoms with Crippen molar-refractivity contribution < 1.29 is 14.3 Å². The lowest BCUT2D eigenvalue weighted by Gasteiger charge is -2.24. The summed E-state index contributed by atoms with van der Waals surface area (Å²) in [6, 6.07) is 16.3. The van der Waals surface area contributed by atoms with E-state index in [1.54, 1.807) is 36.1 Å². The van der Waals surface area contributed by atoms with Gasteiger partial charge in [-0.3, -0.25) is 19.0 Å². The summed E-state index contributed by atoms with van der Waals surface area (Å²) in [4.78, 5) is 44.2. The molecule has 0 fully saturated rings. The van der Waals surface area contributed by atoms with Gasteiger partial charge in [0.1, 0.15) is 6.54 Å². The number of hydrogen-bond donors (Lipinski definition) is 0. The lowest BCUT2D eigenvalue weighted by Crippen LogP contribution is -2.37. The van der Waals surface area contributed by atoms with Crippen molar-refractivity contribution in [1.82, 2.24) is 9.55 Å². The standard InChI is InChI=1S/C22H23N3O4S/c1-4-24(16-10-6-5-7-11-16)20(27)15(2)30-22-23-18-13-9-8-12-17(18)21(28)25(22)14-19(26)29-3/h5-13,15H,4,14H2,1-3H3. The monoisotopic (exact) mass is 425 g/mol. The largest absolute Gasteiger partial charge is 0.468 e. The van der Waals surface area contributed by atoms with Gasteiger partial charge in [0.05, 0.1) is 23.3 Å². The van der Waals surface area contributed by atoms with E-state index in [0.29, 0.717) is 22.6 Å². The number of esters is 1. The highest BCUT2D eigenvalue weighted by Gasteiger charge is 2.25. The van der Waals surface area contributed by atoms with Gasteiger partial charge in [0.2, 0.25) is 5.91 Å². The first kappa shape index (κ1) is 21.6. The lowest BCUT2D eigenvalue weighted by atomic mass is 10.2. The number of thioether (sulfide) groups is 1. The van der Waals surface area contributed by atoms with E-state index in [2.05, 4.69) is 4.98 Å². The second-order valence-electron chi connectivity index (χ2n) is 6.56. The van der Waals surface area contributed by atoms with Gasteiger partial charge < -0.3 is 9.64 Å². The molecule has 0 bridgehead atoms. The Balaban J connectivity index is 1.97. The van der Waals surface area contributed by atoms with E-state index < -0.39 is 11.2 Å². The molecule has 1 unspecified atom stereocenters. The molecule has 0 aliphatic heterocycles. The third kappa shape index (κ3) is 4.54. The number of anilines is 1. The van der Waals surface area contributed by atoms with Gasteiger partial charge in [0.15, 0.2) is 5.16 Å². The van der Waals surface area contributed by atoms with E-state index in [1.807, 2.05) is 37.3 Å². The molecule has 1 aromatic heterocycles. The van der Waals surface area contributed by atoms with Crippen molar-refractivity contribution in [1.29, 1.82) is 0 Å². The van der Waals surface area contributed by atoms with Crippen LogP contribution in [0.25, 0.3) is 10.9 Å². The van der Waals surface area contributed by atoms with Crippen molar-refractivity contribution in [2.24, 2.45) is 0 Å². The maximum atomic E-state index is 13.1. The quantitative estimate of drug-likeness (QED) is 0.329. The molecule has 0 radical (unpaired) electrons. The number of fused-ring (bicyclic) bond motifs is 1. The number of carbonyl (C=O) groups is 2. The fourth-order valence-electron chi connectivity index (χ4n) is 3.07. The Bertz CT molecular complexity index is 1110. The summed E-state index contributed by atoms with van der Waals surface area (Å²) in [6.45, 7) is 3.91. The predicted molar refractivity (Wildman–Crippen MR) is 118 cm³/mol. The topological polar surface area (TPSA) is 81.5 Å². The van der Waals surface area contributed by atoms with Crippen LogP contribution in [0.1, 0.15) is 13.8 Å². The van der Waals surface area contributed by atoms with Crippen LogP contribution in [0.5, 0.6) is 0 Å². The van der Waals surface area contributed by atoms with Crippen molar-refractivity contribution in [2.75, 3.05) is 18.6 Å². The number of amides is 1. The molecule has 8 heteroatoms. The lowest BCUT2D eigenvalue weighted by molar-refractivity contribution is -0.141. The fraction of sp³-hybridized carbons (Fsp3) is 0.273. The van der Waals surface area contributed by atoms with Crippen LogP contribution in [0.2, 0.25) is 0 Å². The van der Waals surface area contributed by atoms with Gasteiger partial charge in [-0.05, 0) is 38.1 Å². The van der Waals surface area contributed by atoms with Crippen LogP contribution >= 0.6 is 11.8 Å². The molecule has 1 atom stereocenters. The number of ether oxygens (including phenoxy) is 1. The summed E-state index contributed by atoms with van der Waals surface area (Å²) in [5.74, 6) is -0.671. The summed E-state index contributed by atoms with van der Waals surface area (Å²) in [7, 11) is 1.26. The minimum Gasteiger partial charge on any atom is -0.468 e. The van der Waals surface area contributed by atoms with Gasteiger partial charge >= 0.3 is 5.97 Å². The normalized spacial score (nSPS) is 11.8. The van der Waals surface area contributed by atoms with E-state index in [1.165, 1.54) is 11.7 Å². The van der Waals surface area contributed by atoms with Crippen molar-refractivity contribution in [3.8, 4) is 0 Å². The second-order valence-corrected chi connectivity index (χ2v) is 7.87. The minimum atomic E-state index is -0.561. The first-order valence-corrected chi connectivity index (χ1v) is 10.4. The minimum absolute atomic E-state index is 0.110. The van der Waals surface area contributed by atoms with E-state index in [4.69, 9.17) is 4.74 Å². The Morgan fingerprint density at radius 3 is 2.47 bits per heavy atom. The Kier molecular flexibility index (Phi) is 6.89. The van der Waals surface area contributed by atoms with Crippen LogP contribution in [0, 0.1) is 0 Å². The highest BCUT2D eigenvalue weighted by atomic mass is 32.2. The fourth-order valence-corrected chi connectivity index (χ4v) is 4.04. The van der Waals surface area contributed by atoms with Crippen molar-refractivity contribution in [3.05, 3.63) is 65.0 Å². The van der Waals surface area contributed by atoms with Gasteiger partial charge in [-0.1, -0.05) is 42.1 Å². The van der Waals surface area contributed by atoms with Gasteiger partial charge in [-0.15, -0.1) is 0 Å². The zero-order valence-corrected chi connectivity index (χ0v) is 17.9. The number of rotatable bonds is 7. The molecule has 0 N–H and O–H groups in total. The van der Waals surface area contributed by atoms with E-state index >= 15 is 0 Å². The molecule has 156 valence electrons. The second kappa shape index (κ2) is 9.58. The van der Waals surface area contributed by atoms with E-state index in [9.17, 15) is 14.4 Å². The van der Waals surface area contributed by atoms with Gasteiger partial charge in [0, 0.05) is 12.2 Å². The summed E-state index contributed by atoms with van der Waals surface area (Å²) in [5, 5.41) is 0.181. The number of benzene rings is 2. The molecule has 3 aromatic rings. The highest BCUT2D eigenvalue weighted by Crippen LogP contribution is 2.26. The molecule has 1 heterocycles. The average Bonchev–Trinajstić information content (AvgIpc) is 2.77. The maximum Gasteiger partial charge on any atom is 0.325 e. The van der Waals surface area contributed by atoms with Crippen molar-refractivity contribution >= 4 is 40.2 Å². The Hall–Kier alpha value is -3.13. The van der Waals surface area contributed by atoms with Crippen LogP contribution < -0.4 is 10.5 Å². The SMILES string of the molecule is CCN(C(=O)C(C)Sc1nc2ccccc2c(=O)n1CC(=O)OC)c1ccccc1. The van der Waals surface area contributed by atoms with Crippen molar-refractivity contribution in [2.45, 2.75) is 30.8 Å². The maximum absolute atomic E-state index is 13.1. The number of carbonyl (C=O) groups excluding carboxylic acids is 2. The predicted octanol–water partition coefficient (Wildman–Crippen LogP) is 3.10. The third-order valence-corrected chi connectivity index (χ3v) is 5.70. The molecule has 1 amide bonds. The average molecular weight is 426 g/mol. The zero-order valence-electron chi connectivity index (χ0n) is 17.1. The first-order valence-electron chi connectivity index (χ1n) is 9.55. The number of hydrogen-bond acceptors (Lipinski definition) is 6. The van der Waals surface area contributed by atoms with E-state index in [0.717, 1.165) is 17.4 Å². The number of methoxy groups -OCH3 is 1. The van der Waals surface area contributed by atoms with Crippen LogP contribution in [0.3, 0.4) is 0 Å². The van der Waals surface area contributed by atoms with Crippen LogP contribution in [0.15, 0.2) is 64.5 Å². The smallest absolute Gasteiger partial charge is 0.325 e. The molecule has 0 saturated carbocycles. The van der Waals surface area contributed by atoms with Crippen LogP contribution in [-0.2, 0) is 20.9 Å². The van der Waals surface area contributed by atoms with E-state index in [-0.39, 0.29) is 18.0 Å². The van der Waals surface area contributed by atoms with Gasteiger partial charge in [0.25, 0.3) is 5.56 Å². The Morgan fingerprint density at radius 1 is 1.13 bits per heavy atom. The molecule has 30 heavy (non-hydrogen) atoms. The first-order chi connectivity index (χ1) is 14.5. The summed E-state index contributed by atoms with van der Waals surface area (Å²) in [5.41, 5.74) is 0.973. The third-order valence-electron chi connectivity index (χ3n) is 4.62. The molecule has 0 aliphatic carbocycles. The molecular weight excluding hydrogens is 402 g/mol. The van der Waals surface area contributed by atoms with Gasteiger partial charge in [-0.2, -0.15) is 0 Å². The molecule has 0 spiro atoms. The molecular formula is C22H23N3O4S. The number of nitrogens with zero attached hydrogens (tertiary/aromatic N) is 3. The number of para-hydroxylation sites is 2. The highest BCUT2D eigenvalue weighted by molar-refractivity contribution is 8.00. The zero-order chi connectivity index (χ0) is 21.7. The van der Waals surface area contributed by atoms with Crippen LogP contribution in [0.4, 0.5) is 5.69 Å². The number of aromatic nitrogens is 2. The molecule has 0 saturated heterocycles. The van der Waals surface area contributed by atoms with Crippen molar-refractivity contribution in [3.63, 3.8) is 0 Å². The molecule has 2 aromatic carbocycles. The van der Waals surface area contributed by atoms with Crippen LogP contribution in [-0.4, -0.2) is 40.3 Å². The Morgan fingerprint density at radius 2 is 1.80 bits per heavy atom. The summed E-state index contributed by atoms with van der Waals surface area (Å²) >= 11 is 1.15. The summed E-state index contributed by atoms with van der Waals surface area (Å²) < 4.78 is 6.00. The molecule has 3 rings (SSSR count).